The van der Waals surface area contributed by atoms with E-state index < -0.39 is 17.8 Å². The Bertz CT molecular complexity index is 1850. The Labute approximate surface area is 256 Å². The summed E-state index contributed by atoms with van der Waals surface area (Å²) >= 11 is 3.44. The number of amides is 4. The van der Waals surface area contributed by atoms with E-state index in [9.17, 15) is 14.4 Å². The first kappa shape index (κ1) is 27.9. The van der Waals surface area contributed by atoms with E-state index in [1.807, 2.05) is 91.0 Å². The van der Waals surface area contributed by atoms with Crippen molar-refractivity contribution in [2.75, 3.05) is 4.90 Å². The van der Waals surface area contributed by atoms with E-state index in [1.54, 1.807) is 24.3 Å². The highest BCUT2D eigenvalue weighted by Crippen LogP contribution is 2.33. The molecule has 1 heterocycles. The Kier molecular flexibility index (Phi) is 8.02. The summed E-state index contributed by atoms with van der Waals surface area (Å²) in [5.41, 5.74) is 2.65. The fourth-order valence-corrected chi connectivity index (χ4v) is 5.03. The number of rotatable bonds is 8. The van der Waals surface area contributed by atoms with Crippen molar-refractivity contribution in [1.82, 2.24) is 5.32 Å². The van der Waals surface area contributed by atoms with Gasteiger partial charge in [0.15, 0.2) is 0 Å². The number of hydrogen-bond acceptors (Lipinski definition) is 5. The van der Waals surface area contributed by atoms with Gasteiger partial charge >= 0.3 is 6.03 Å². The number of ether oxygens (including phenoxy) is 2. The molecule has 0 unspecified atom stereocenters. The second-order valence-electron chi connectivity index (χ2n) is 9.84. The third-order valence-electron chi connectivity index (χ3n) is 6.97. The average molecular weight is 633 g/mol. The second-order valence-corrected chi connectivity index (χ2v) is 10.8. The van der Waals surface area contributed by atoms with Crippen LogP contribution in [0.5, 0.6) is 11.5 Å². The summed E-state index contributed by atoms with van der Waals surface area (Å²) in [6.07, 6.45) is 1.49. The SMILES string of the molecule is O=C1NC(=O)N(c2ccc(OCc3ccccc3)cc2)C(=O)/C1=C/c1c(OCc2ccc(Br)cc2)ccc2ccccc12. The van der Waals surface area contributed by atoms with Crippen molar-refractivity contribution in [3.05, 3.63) is 142 Å². The Morgan fingerprint density at radius 1 is 0.698 bits per heavy atom. The summed E-state index contributed by atoms with van der Waals surface area (Å²) in [4.78, 5) is 40.5. The number of benzene rings is 5. The van der Waals surface area contributed by atoms with Crippen LogP contribution in [0, 0.1) is 0 Å². The lowest BCUT2D eigenvalue weighted by molar-refractivity contribution is -0.122. The molecule has 1 fully saturated rings. The number of halogens is 1. The molecular weight excluding hydrogens is 608 g/mol. The predicted octanol–water partition coefficient (Wildman–Crippen LogP) is 7.43. The van der Waals surface area contributed by atoms with Gasteiger partial charge in [0.05, 0.1) is 5.69 Å². The molecule has 7 nitrogen and oxygen atoms in total. The van der Waals surface area contributed by atoms with Crippen LogP contribution in [0.25, 0.3) is 16.8 Å². The van der Waals surface area contributed by atoms with Crippen molar-refractivity contribution in [3.63, 3.8) is 0 Å². The first-order valence-corrected chi connectivity index (χ1v) is 14.3. The molecule has 1 aliphatic rings. The van der Waals surface area contributed by atoms with Gasteiger partial charge in [-0.05, 0) is 70.4 Å². The third kappa shape index (κ3) is 6.19. The standard InChI is InChI=1S/C35H25BrN2O5/c36-26-13-10-24(11-14-26)22-43-32-19-12-25-8-4-5-9-29(25)30(32)20-31-33(39)37-35(41)38(34(31)40)27-15-17-28(18-16-27)42-21-23-6-2-1-3-7-23/h1-20H,21-22H2,(H,37,39,41)/b31-20+. The van der Waals surface area contributed by atoms with Crippen molar-refractivity contribution < 1.29 is 23.9 Å². The lowest BCUT2D eigenvalue weighted by atomic mass is 9.99. The monoisotopic (exact) mass is 632 g/mol. The minimum absolute atomic E-state index is 0.186. The molecule has 1 N–H and O–H groups in total. The lowest BCUT2D eigenvalue weighted by Gasteiger charge is -2.26. The number of hydrogen-bond donors (Lipinski definition) is 1. The number of carbonyl (C=O) groups excluding carboxylic acids is 3. The van der Waals surface area contributed by atoms with Crippen molar-refractivity contribution >= 4 is 56.3 Å². The van der Waals surface area contributed by atoms with Crippen molar-refractivity contribution in [1.29, 1.82) is 0 Å². The quantitative estimate of drug-likeness (QED) is 0.142. The van der Waals surface area contributed by atoms with Gasteiger partial charge in [0.25, 0.3) is 11.8 Å². The molecule has 1 aliphatic heterocycles. The highest BCUT2D eigenvalue weighted by atomic mass is 79.9. The molecule has 5 aromatic rings. The van der Waals surface area contributed by atoms with Gasteiger partial charge < -0.3 is 9.47 Å². The van der Waals surface area contributed by atoms with E-state index in [-0.39, 0.29) is 12.2 Å². The minimum atomic E-state index is -0.824. The van der Waals surface area contributed by atoms with E-state index in [2.05, 4.69) is 21.2 Å². The Hall–Kier alpha value is -5.21. The van der Waals surface area contributed by atoms with Gasteiger partial charge in [0, 0.05) is 10.0 Å². The van der Waals surface area contributed by atoms with Crippen LogP contribution in [-0.4, -0.2) is 17.8 Å². The molecular formula is C35H25BrN2O5. The molecule has 8 heteroatoms. The van der Waals surface area contributed by atoms with Gasteiger partial charge in [-0.1, -0.05) is 88.7 Å². The second kappa shape index (κ2) is 12.3. The maximum absolute atomic E-state index is 13.7. The van der Waals surface area contributed by atoms with Crippen molar-refractivity contribution in [3.8, 4) is 11.5 Å². The van der Waals surface area contributed by atoms with Gasteiger partial charge in [-0.15, -0.1) is 0 Å². The van der Waals surface area contributed by atoms with E-state index in [1.165, 1.54) is 6.08 Å². The van der Waals surface area contributed by atoms with E-state index in [0.29, 0.717) is 29.4 Å². The van der Waals surface area contributed by atoms with Gasteiger partial charge in [-0.3, -0.25) is 14.9 Å². The van der Waals surface area contributed by atoms with Gasteiger partial charge in [0.1, 0.15) is 30.3 Å². The van der Waals surface area contributed by atoms with Crippen molar-refractivity contribution in [2.45, 2.75) is 13.2 Å². The average Bonchev–Trinajstić information content (AvgIpc) is 3.03. The topological polar surface area (TPSA) is 84.9 Å². The zero-order valence-corrected chi connectivity index (χ0v) is 24.4. The summed E-state index contributed by atoms with van der Waals surface area (Å²) in [5.74, 6) is -0.440. The lowest BCUT2D eigenvalue weighted by Crippen LogP contribution is -2.54. The molecule has 0 aliphatic carbocycles. The molecule has 6 rings (SSSR count). The first-order chi connectivity index (χ1) is 21.0. The smallest absolute Gasteiger partial charge is 0.335 e. The van der Waals surface area contributed by atoms with Crippen LogP contribution in [0.2, 0.25) is 0 Å². The number of anilines is 1. The number of fused-ring (bicyclic) bond motifs is 1. The molecule has 5 aromatic carbocycles. The molecule has 1 saturated heterocycles. The molecule has 0 aromatic heterocycles. The third-order valence-corrected chi connectivity index (χ3v) is 7.50. The zero-order valence-electron chi connectivity index (χ0n) is 22.8. The number of nitrogens with one attached hydrogen (secondary N) is 1. The summed E-state index contributed by atoms with van der Waals surface area (Å²) in [6, 6.07) is 34.6. The first-order valence-electron chi connectivity index (χ1n) is 13.5. The molecule has 43 heavy (non-hydrogen) atoms. The van der Waals surface area contributed by atoms with Gasteiger partial charge in [0.2, 0.25) is 0 Å². The number of barbiturate groups is 1. The Balaban J connectivity index is 1.30. The largest absolute Gasteiger partial charge is 0.489 e. The van der Waals surface area contributed by atoms with Crippen LogP contribution in [0.15, 0.2) is 125 Å². The van der Waals surface area contributed by atoms with Crippen LogP contribution in [0.4, 0.5) is 10.5 Å². The molecule has 0 spiro atoms. The normalized spacial score (nSPS) is 14.2. The summed E-state index contributed by atoms with van der Waals surface area (Å²) in [6.45, 7) is 0.660. The molecule has 0 bridgehead atoms. The predicted molar refractivity (Wildman–Crippen MR) is 169 cm³/mol. The van der Waals surface area contributed by atoms with Gasteiger partial charge in [-0.2, -0.15) is 0 Å². The number of carbonyl (C=O) groups is 3. The zero-order chi connectivity index (χ0) is 29.8. The molecule has 0 radical (unpaired) electrons. The van der Waals surface area contributed by atoms with Crippen molar-refractivity contribution in [2.24, 2.45) is 0 Å². The van der Waals surface area contributed by atoms with Gasteiger partial charge in [-0.25, -0.2) is 9.69 Å². The van der Waals surface area contributed by atoms with Crippen LogP contribution in [0.3, 0.4) is 0 Å². The number of nitrogens with zero attached hydrogens (tertiary/aromatic N) is 1. The van der Waals surface area contributed by atoms with E-state index in [4.69, 9.17) is 9.47 Å². The molecule has 0 saturated carbocycles. The number of urea groups is 1. The Morgan fingerprint density at radius 2 is 1.37 bits per heavy atom. The molecule has 212 valence electrons. The minimum Gasteiger partial charge on any atom is -0.489 e. The number of imide groups is 2. The summed E-state index contributed by atoms with van der Waals surface area (Å²) in [5, 5.41) is 4.01. The van der Waals surface area contributed by atoms with Crippen LogP contribution in [-0.2, 0) is 22.8 Å². The maximum Gasteiger partial charge on any atom is 0.335 e. The Morgan fingerprint density at radius 3 is 2.14 bits per heavy atom. The fraction of sp³-hybridized carbons (Fsp3) is 0.0571. The summed E-state index contributed by atoms with van der Waals surface area (Å²) < 4.78 is 13.0. The highest BCUT2D eigenvalue weighted by Gasteiger charge is 2.37. The molecule has 0 atom stereocenters. The fourth-order valence-electron chi connectivity index (χ4n) is 4.76. The van der Waals surface area contributed by atoms with Crippen LogP contribution in [0.1, 0.15) is 16.7 Å². The molecule has 4 amide bonds. The summed E-state index contributed by atoms with van der Waals surface area (Å²) in [7, 11) is 0. The highest BCUT2D eigenvalue weighted by molar-refractivity contribution is 9.10. The maximum atomic E-state index is 13.7. The van der Waals surface area contributed by atoms with Crippen LogP contribution < -0.4 is 19.7 Å². The van der Waals surface area contributed by atoms with Crippen LogP contribution >= 0.6 is 15.9 Å². The van der Waals surface area contributed by atoms with E-state index in [0.717, 1.165) is 31.3 Å². The van der Waals surface area contributed by atoms with E-state index >= 15 is 0 Å².